The number of amidine groups is 1. The third-order valence-electron chi connectivity index (χ3n) is 5.71. The minimum Gasteiger partial charge on any atom is -0.460 e. The summed E-state index contributed by atoms with van der Waals surface area (Å²) in [5, 5.41) is 3.39. The van der Waals surface area contributed by atoms with Crippen LogP contribution in [-0.2, 0) is 11.2 Å². The first-order valence-electron chi connectivity index (χ1n) is 9.31. The number of nitrogens with one attached hydrogen (secondary N) is 1. The molecule has 3 aliphatic rings. The largest absolute Gasteiger partial charge is 0.460 e. The van der Waals surface area contributed by atoms with E-state index in [1.165, 1.54) is 23.3 Å². The zero-order valence-corrected chi connectivity index (χ0v) is 14.6. The van der Waals surface area contributed by atoms with Gasteiger partial charge >= 0.3 is 0 Å². The molecule has 1 N–H and O–H groups in total. The molecule has 1 saturated heterocycles. The summed E-state index contributed by atoms with van der Waals surface area (Å²) < 4.78 is 19.8. The Labute approximate surface area is 152 Å². The summed E-state index contributed by atoms with van der Waals surface area (Å²) >= 11 is 0. The number of halogens is 1. The van der Waals surface area contributed by atoms with Crippen LogP contribution in [0.15, 0.2) is 53.5 Å². The highest BCUT2D eigenvalue weighted by atomic mass is 19.1. The van der Waals surface area contributed by atoms with Gasteiger partial charge in [-0.3, -0.25) is 0 Å². The summed E-state index contributed by atoms with van der Waals surface area (Å²) in [4.78, 5) is 7.02. The van der Waals surface area contributed by atoms with E-state index in [4.69, 9.17) is 9.73 Å². The standard InChI is InChI=1S/C21H22FN3O/c22-17-7-5-15(6-8-17)20-18-4-2-1-3-14(18)9-10-25(20)21-24-12-16-11-23-13-19(16)26-21/h1-8,16,19-20,23H,9-13H2/t16-,19-,20-/m0/s1. The summed E-state index contributed by atoms with van der Waals surface area (Å²) in [6.45, 7) is 3.52. The molecule has 0 saturated carbocycles. The topological polar surface area (TPSA) is 36.9 Å². The fourth-order valence-corrected chi connectivity index (χ4v) is 4.33. The Hall–Kier alpha value is -2.40. The lowest BCUT2D eigenvalue weighted by Gasteiger charge is -2.41. The monoisotopic (exact) mass is 351 g/mol. The molecule has 0 radical (unpaired) electrons. The highest BCUT2D eigenvalue weighted by molar-refractivity contribution is 5.76. The van der Waals surface area contributed by atoms with Gasteiger partial charge in [0.1, 0.15) is 11.9 Å². The molecule has 0 aliphatic carbocycles. The van der Waals surface area contributed by atoms with Crippen LogP contribution >= 0.6 is 0 Å². The first-order valence-corrected chi connectivity index (χ1v) is 9.31. The van der Waals surface area contributed by atoms with Gasteiger partial charge in [0.05, 0.1) is 12.6 Å². The normalized spacial score (nSPS) is 27.3. The van der Waals surface area contributed by atoms with Gasteiger partial charge in [0, 0.05) is 25.6 Å². The average Bonchev–Trinajstić information content (AvgIpc) is 3.16. The van der Waals surface area contributed by atoms with E-state index in [1.807, 2.05) is 12.1 Å². The molecule has 26 heavy (non-hydrogen) atoms. The van der Waals surface area contributed by atoms with E-state index in [2.05, 4.69) is 34.5 Å². The Morgan fingerprint density at radius 1 is 1.08 bits per heavy atom. The number of aliphatic imine (C=N–C) groups is 1. The van der Waals surface area contributed by atoms with E-state index in [0.717, 1.165) is 44.2 Å². The van der Waals surface area contributed by atoms with Gasteiger partial charge in [-0.1, -0.05) is 36.4 Å². The second kappa shape index (κ2) is 6.40. The van der Waals surface area contributed by atoms with Crippen molar-refractivity contribution in [3.8, 4) is 0 Å². The molecular weight excluding hydrogens is 329 g/mol. The van der Waals surface area contributed by atoms with Crippen molar-refractivity contribution in [1.29, 1.82) is 0 Å². The van der Waals surface area contributed by atoms with Crippen LogP contribution in [0, 0.1) is 11.7 Å². The third kappa shape index (κ3) is 2.67. The fraction of sp³-hybridized carbons (Fsp3) is 0.381. The van der Waals surface area contributed by atoms with Crippen LogP contribution in [0.25, 0.3) is 0 Å². The predicted octanol–water partition coefficient (Wildman–Crippen LogP) is 2.75. The van der Waals surface area contributed by atoms with Gasteiger partial charge < -0.3 is 15.0 Å². The first-order chi connectivity index (χ1) is 12.8. The van der Waals surface area contributed by atoms with Crippen molar-refractivity contribution in [2.45, 2.75) is 18.6 Å². The van der Waals surface area contributed by atoms with Crippen molar-refractivity contribution in [2.24, 2.45) is 10.9 Å². The molecule has 3 atom stereocenters. The molecule has 134 valence electrons. The molecule has 4 nitrogen and oxygen atoms in total. The summed E-state index contributed by atoms with van der Waals surface area (Å²) in [7, 11) is 0. The van der Waals surface area contributed by atoms with Crippen molar-refractivity contribution in [1.82, 2.24) is 10.2 Å². The molecule has 0 amide bonds. The average molecular weight is 351 g/mol. The van der Waals surface area contributed by atoms with Crippen molar-refractivity contribution >= 4 is 6.02 Å². The van der Waals surface area contributed by atoms with Crippen molar-refractivity contribution in [3.63, 3.8) is 0 Å². The number of hydrogen-bond acceptors (Lipinski definition) is 4. The van der Waals surface area contributed by atoms with Crippen LogP contribution in [0.2, 0.25) is 0 Å². The van der Waals surface area contributed by atoms with Crippen LogP contribution in [0.4, 0.5) is 4.39 Å². The lowest BCUT2D eigenvalue weighted by atomic mass is 9.88. The van der Waals surface area contributed by atoms with E-state index >= 15 is 0 Å². The predicted molar refractivity (Wildman–Crippen MR) is 98.6 cm³/mol. The second-order valence-corrected chi connectivity index (χ2v) is 7.29. The van der Waals surface area contributed by atoms with Gasteiger partial charge in [-0.15, -0.1) is 0 Å². The molecular formula is C21H22FN3O. The second-order valence-electron chi connectivity index (χ2n) is 7.29. The van der Waals surface area contributed by atoms with Crippen LogP contribution in [-0.4, -0.2) is 43.2 Å². The number of benzene rings is 2. The quantitative estimate of drug-likeness (QED) is 0.858. The van der Waals surface area contributed by atoms with E-state index in [9.17, 15) is 4.39 Å². The smallest absolute Gasteiger partial charge is 0.288 e. The maximum atomic E-state index is 13.5. The number of ether oxygens (including phenoxy) is 1. The molecule has 5 rings (SSSR count). The SMILES string of the molecule is Fc1ccc([C@H]2c3ccccc3CCN2C2=NC[C@@H]3CNC[C@@H]3O2)cc1. The Morgan fingerprint density at radius 2 is 1.92 bits per heavy atom. The summed E-state index contributed by atoms with van der Waals surface area (Å²) in [5.41, 5.74) is 3.66. The molecule has 0 unspecified atom stereocenters. The van der Waals surface area contributed by atoms with Gasteiger partial charge in [-0.2, -0.15) is 0 Å². The number of hydrogen-bond donors (Lipinski definition) is 1. The Kier molecular flexibility index (Phi) is 3.89. The minimum atomic E-state index is -0.212. The Balaban J connectivity index is 1.54. The van der Waals surface area contributed by atoms with Crippen LogP contribution in [0.1, 0.15) is 22.7 Å². The summed E-state index contributed by atoms with van der Waals surface area (Å²) in [5.74, 6) is 0.260. The zero-order valence-electron chi connectivity index (χ0n) is 14.6. The van der Waals surface area contributed by atoms with Gasteiger partial charge in [0.15, 0.2) is 0 Å². The van der Waals surface area contributed by atoms with Gasteiger partial charge in [0.25, 0.3) is 6.02 Å². The maximum Gasteiger partial charge on any atom is 0.288 e. The van der Waals surface area contributed by atoms with E-state index < -0.39 is 0 Å². The van der Waals surface area contributed by atoms with Crippen molar-refractivity contribution in [2.75, 3.05) is 26.2 Å². The first kappa shape index (κ1) is 15.8. The number of nitrogens with zero attached hydrogens (tertiary/aromatic N) is 2. The van der Waals surface area contributed by atoms with Crippen molar-refractivity contribution < 1.29 is 9.13 Å². The van der Waals surface area contributed by atoms with E-state index in [-0.39, 0.29) is 18.0 Å². The van der Waals surface area contributed by atoms with E-state index in [0.29, 0.717) is 5.92 Å². The third-order valence-corrected chi connectivity index (χ3v) is 5.71. The number of rotatable bonds is 1. The maximum absolute atomic E-state index is 13.5. The molecule has 0 aromatic heterocycles. The molecule has 1 fully saturated rings. The highest BCUT2D eigenvalue weighted by Gasteiger charge is 2.38. The van der Waals surface area contributed by atoms with Gasteiger partial charge in [0.2, 0.25) is 0 Å². The molecule has 2 aromatic rings. The van der Waals surface area contributed by atoms with Gasteiger partial charge in [-0.25, -0.2) is 9.38 Å². The van der Waals surface area contributed by atoms with Gasteiger partial charge in [-0.05, 0) is 35.2 Å². The van der Waals surface area contributed by atoms with Crippen LogP contribution in [0.3, 0.4) is 0 Å². The zero-order chi connectivity index (χ0) is 17.5. The highest BCUT2D eigenvalue weighted by Crippen LogP contribution is 2.36. The minimum absolute atomic E-state index is 0.00483. The fourth-order valence-electron chi connectivity index (χ4n) is 4.33. The van der Waals surface area contributed by atoms with Crippen LogP contribution < -0.4 is 5.32 Å². The van der Waals surface area contributed by atoms with E-state index in [1.54, 1.807) is 0 Å². The molecule has 5 heteroatoms. The lowest BCUT2D eigenvalue weighted by molar-refractivity contribution is 0.103. The Morgan fingerprint density at radius 3 is 2.81 bits per heavy atom. The molecule has 3 heterocycles. The van der Waals surface area contributed by atoms with Crippen molar-refractivity contribution in [3.05, 3.63) is 71.0 Å². The van der Waals surface area contributed by atoms with Crippen LogP contribution in [0.5, 0.6) is 0 Å². The summed E-state index contributed by atoms with van der Waals surface area (Å²) in [6.07, 6.45) is 1.16. The Bertz CT molecular complexity index is 835. The molecule has 3 aliphatic heterocycles. The molecule has 2 aromatic carbocycles. The lowest BCUT2D eigenvalue weighted by Crippen LogP contribution is -2.46. The molecule has 0 spiro atoms. The number of fused-ring (bicyclic) bond motifs is 2. The summed E-state index contributed by atoms with van der Waals surface area (Å²) in [6, 6.07) is 16.1. The molecule has 0 bridgehead atoms.